The molecule has 2 aromatic heterocycles. The minimum Gasteiger partial charge on any atom is -0.394 e. The van der Waals surface area contributed by atoms with Crippen molar-refractivity contribution in [1.82, 2.24) is 29.8 Å². The summed E-state index contributed by atoms with van der Waals surface area (Å²) in [7, 11) is 0. The molecule has 2 aromatic carbocycles. The third-order valence-electron chi connectivity index (χ3n) is 7.52. The Kier molecular flexibility index (Phi) is 10.2. The molecule has 0 saturated carbocycles. The lowest BCUT2D eigenvalue weighted by Gasteiger charge is -2.39. The molecular formula is C29H35ClN6O7. The molecule has 5 atom stereocenters. The molecular weight excluding hydrogens is 580 g/mol. The van der Waals surface area contributed by atoms with Gasteiger partial charge < -0.3 is 39.6 Å². The minimum absolute atomic E-state index is 0.196. The van der Waals surface area contributed by atoms with Gasteiger partial charge in [-0.05, 0) is 33.5 Å². The third kappa shape index (κ3) is 6.64. The Hall–Kier alpha value is -3.27. The van der Waals surface area contributed by atoms with Crippen molar-refractivity contribution < 1.29 is 35.0 Å². The molecule has 0 bridgehead atoms. The normalized spacial score (nSPS) is 22.3. The minimum atomic E-state index is -1.56. The van der Waals surface area contributed by atoms with Crippen LogP contribution in [0.2, 0.25) is 5.15 Å². The molecule has 1 aliphatic rings. The van der Waals surface area contributed by atoms with Crippen LogP contribution in [0.3, 0.4) is 0 Å². The lowest BCUT2D eigenvalue weighted by molar-refractivity contribution is -0.309. The number of ether oxygens (including phenoxy) is 2. The lowest BCUT2D eigenvalue weighted by atomic mass is 9.98. The molecule has 43 heavy (non-hydrogen) atoms. The first-order valence-corrected chi connectivity index (χ1v) is 14.5. The van der Waals surface area contributed by atoms with Crippen LogP contribution in [0.1, 0.15) is 36.8 Å². The second-order valence-corrected chi connectivity index (χ2v) is 10.7. The van der Waals surface area contributed by atoms with Crippen molar-refractivity contribution in [3.8, 4) is 22.5 Å². The Labute approximate surface area is 252 Å². The van der Waals surface area contributed by atoms with Crippen LogP contribution in [0, 0.1) is 0 Å². The maximum absolute atomic E-state index is 10.3. The van der Waals surface area contributed by atoms with Gasteiger partial charge in [-0.15, -0.1) is 5.10 Å². The van der Waals surface area contributed by atoms with E-state index in [1.54, 1.807) is 0 Å². The van der Waals surface area contributed by atoms with Crippen molar-refractivity contribution in [3.05, 3.63) is 70.8 Å². The summed E-state index contributed by atoms with van der Waals surface area (Å²) in [5.41, 5.74) is 4.12. The third-order valence-corrected chi connectivity index (χ3v) is 7.82. The smallest absolute Gasteiger partial charge is 0.188 e. The van der Waals surface area contributed by atoms with Gasteiger partial charge in [0.05, 0.1) is 18.9 Å². The molecule has 4 aromatic rings. The molecule has 0 aliphatic carbocycles. The summed E-state index contributed by atoms with van der Waals surface area (Å²) in [6.45, 7) is 1.64. The zero-order valence-corrected chi connectivity index (χ0v) is 24.3. The van der Waals surface area contributed by atoms with Gasteiger partial charge >= 0.3 is 0 Å². The number of aryl methyl sites for hydroxylation is 1. The molecule has 13 nitrogen and oxygen atoms in total. The maximum Gasteiger partial charge on any atom is 0.188 e. The van der Waals surface area contributed by atoms with Gasteiger partial charge in [-0.1, -0.05) is 73.5 Å². The number of hydrogen-bond donors (Lipinski definition) is 5. The van der Waals surface area contributed by atoms with Crippen molar-refractivity contribution >= 4 is 11.6 Å². The van der Waals surface area contributed by atoms with Gasteiger partial charge in [0.1, 0.15) is 37.0 Å². The van der Waals surface area contributed by atoms with E-state index in [1.807, 2.05) is 53.1 Å². The number of nitrogens with zero attached hydrogens (tertiary/aromatic N) is 6. The molecule has 1 fully saturated rings. The predicted molar refractivity (Wildman–Crippen MR) is 154 cm³/mol. The van der Waals surface area contributed by atoms with E-state index in [9.17, 15) is 25.5 Å². The first-order valence-electron chi connectivity index (χ1n) is 14.1. The van der Waals surface area contributed by atoms with E-state index in [-0.39, 0.29) is 13.3 Å². The van der Waals surface area contributed by atoms with E-state index in [1.165, 1.54) is 4.68 Å². The highest BCUT2D eigenvalue weighted by Crippen LogP contribution is 2.31. The SMILES string of the molecule is CCCCc1nc(Cl)c(CO)n1Cc1ccc(-c2ccccc2-c2nnnn2CO[C@@H]2OC(CO)[C@@H](O)C(O)C2O)cc1. The number of tetrazole rings is 1. The molecule has 3 unspecified atom stereocenters. The molecule has 0 radical (unpaired) electrons. The largest absolute Gasteiger partial charge is 0.394 e. The number of aliphatic hydroxyl groups excluding tert-OH is 5. The average Bonchev–Trinajstić information content (AvgIpc) is 3.62. The van der Waals surface area contributed by atoms with Gasteiger partial charge in [0.2, 0.25) is 0 Å². The number of imidazole rings is 1. The topological polar surface area (TPSA) is 181 Å². The van der Waals surface area contributed by atoms with Crippen LogP contribution in [0.25, 0.3) is 22.5 Å². The van der Waals surface area contributed by atoms with Gasteiger partial charge in [0, 0.05) is 18.5 Å². The van der Waals surface area contributed by atoms with E-state index < -0.39 is 37.3 Å². The highest BCUT2D eigenvalue weighted by atomic mass is 35.5. The fourth-order valence-corrected chi connectivity index (χ4v) is 5.36. The van der Waals surface area contributed by atoms with Crippen LogP contribution in [0.15, 0.2) is 48.5 Å². The number of halogens is 1. The van der Waals surface area contributed by atoms with Gasteiger partial charge in [-0.25, -0.2) is 4.98 Å². The Bertz CT molecular complexity index is 1490. The fourth-order valence-electron chi connectivity index (χ4n) is 5.10. The second kappa shape index (κ2) is 14.0. The molecule has 230 valence electrons. The van der Waals surface area contributed by atoms with Crippen LogP contribution < -0.4 is 0 Å². The van der Waals surface area contributed by atoms with Crippen molar-refractivity contribution in [2.45, 2.75) is 76.8 Å². The van der Waals surface area contributed by atoms with Crippen molar-refractivity contribution in [2.24, 2.45) is 0 Å². The molecule has 5 N–H and O–H groups in total. The van der Waals surface area contributed by atoms with E-state index in [4.69, 9.17) is 21.1 Å². The maximum atomic E-state index is 10.3. The first-order chi connectivity index (χ1) is 20.9. The predicted octanol–water partition coefficient (Wildman–Crippen LogP) is 1.51. The van der Waals surface area contributed by atoms with Crippen molar-refractivity contribution in [3.63, 3.8) is 0 Å². The molecule has 3 heterocycles. The summed E-state index contributed by atoms with van der Waals surface area (Å²) in [6, 6.07) is 15.6. The van der Waals surface area contributed by atoms with E-state index >= 15 is 0 Å². The van der Waals surface area contributed by atoms with Crippen LogP contribution in [0.4, 0.5) is 0 Å². The zero-order chi connectivity index (χ0) is 30.5. The van der Waals surface area contributed by atoms with Crippen molar-refractivity contribution in [1.29, 1.82) is 0 Å². The molecule has 0 amide bonds. The Balaban J connectivity index is 1.35. The van der Waals surface area contributed by atoms with E-state index in [2.05, 4.69) is 27.4 Å². The molecule has 14 heteroatoms. The number of aromatic nitrogens is 6. The van der Waals surface area contributed by atoms with Gasteiger partial charge in [0.15, 0.2) is 17.3 Å². The van der Waals surface area contributed by atoms with Crippen LogP contribution in [0.5, 0.6) is 0 Å². The summed E-state index contributed by atoms with van der Waals surface area (Å²) in [5, 5.41) is 62.0. The summed E-state index contributed by atoms with van der Waals surface area (Å²) >= 11 is 6.31. The summed E-state index contributed by atoms with van der Waals surface area (Å²) in [5.74, 6) is 1.24. The number of aliphatic hydroxyl groups is 5. The van der Waals surface area contributed by atoms with E-state index in [0.717, 1.165) is 47.3 Å². The molecule has 0 spiro atoms. The zero-order valence-electron chi connectivity index (χ0n) is 23.6. The Morgan fingerprint density at radius 1 is 0.977 bits per heavy atom. The van der Waals surface area contributed by atoms with Gasteiger partial charge in [-0.3, -0.25) is 0 Å². The monoisotopic (exact) mass is 614 g/mol. The fraction of sp³-hybridized carbons (Fsp3) is 0.448. The number of benzene rings is 2. The highest BCUT2D eigenvalue weighted by Gasteiger charge is 2.44. The quantitative estimate of drug-likeness (QED) is 0.156. The van der Waals surface area contributed by atoms with Crippen LogP contribution in [-0.2, 0) is 35.8 Å². The number of rotatable bonds is 12. The van der Waals surface area contributed by atoms with Crippen LogP contribution >= 0.6 is 11.6 Å². The second-order valence-electron chi connectivity index (χ2n) is 10.4. The number of unbranched alkanes of at least 4 members (excludes halogenated alkanes) is 1. The highest BCUT2D eigenvalue weighted by molar-refractivity contribution is 6.30. The van der Waals surface area contributed by atoms with Gasteiger partial charge in [0.25, 0.3) is 0 Å². The summed E-state index contributed by atoms with van der Waals surface area (Å²) in [6.07, 6.45) is -4.23. The van der Waals surface area contributed by atoms with Gasteiger partial charge in [-0.2, -0.15) is 4.68 Å². The van der Waals surface area contributed by atoms with Crippen molar-refractivity contribution in [2.75, 3.05) is 6.61 Å². The summed E-state index contributed by atoms with van der Waals surface area (Å²) < 4.78 is 14.4. The molecule has 1 saturated heterocycles. The average molecular weight is 615 g/mol. The first kappa shape index (κ1) is 31.2. The lowest BCUT2D eigenvalue weighted by Crippen LogP contribution is -2.59. The Morgan fingerprint density at radius 2 is 1.72 bits per heavy atom. The molecule has 1 aliphatic heterocycles. The standard InChI is InChI=1S/C29H35ClN6O7/c1-2-3-8-23-31-27(30)21(14-37)35(23)13-17-9-11-18(12-10-17)19-6-4-5-7-20(19)28-32-33-34-36(28)16-42-29-26(41)25(40)24(39)22(15-38)43-29/h4-7,9-12,22,24-26,29,37-41H,2-3,8,13-16H2,1H3/t22?,24-,25?,26?,29-/m1/s1. The summed E-state index contributed by atoms with van der Waals surface area (Å²) in [4.78, 5) is 4.47. The Morgan fingerprint density at radius 3 is 2.42 bits per heavy atom. The van der Waals surface area contributed by atoms with E-state index in [0.29, 0.717) is 23.2 Å². The molecule has 5 rings (SSSR count). The number of hydrogen-bond acceptors (Lipinski definition) is 11. The van der Waals surface area contributed by atoms with Crippen LogP contribution in [-0.4, -0.2) is 92.6 Å².